The van der Waals surface area contributed by atoms with Gasteiger partial charge < -0.3 is 15.1 Å². The van der Waals surface area contributed by atoms with E-state index in [2.05, 4.69) is 32.9 Å². The summed E-state index contributed by atoms with van der Waals surface area (Å²) in [6.45, 7) is 6.77. The molecule has 1 atom stereocenters. The van der Waals surface area contributed by atoms with E-state index in [1.165, 1.54) is 5.56 Å². The van der Waals surface area contributed by atoms with Gasteiger partial charge in [0.25, 0.3) is 0 Å². The van der Waals surface area contributed by atoms with Crippen molar-refractivity contribution in [3.8, 4) is 0 Å². The highest BCUT2D eigenvalue weighted by Gasteiger charge is 2.15. The first-order chi connectivity index (χ1) is 8.70. The van der Waals surface area contributed by atoms with Crippen molar-refractivity contribution in [2.75, 3.05) is 18.5 Å². The van der Waals surface area contributed by atoms with Crippen molar-refractivity contribution in [3.63, 3.8) is 0 Å². The molecular formula is C15H23NO3. The Labute approximate surface area is 114 Å². The Morgan fingerprint density at radius 3 is 2.21 bits per heavy atom. The molecule has 4 nitrogen and oxygen atoms in total. The molecule has 0 saturated heterocycles. The van der Waals surface area contributed by atoms with Gasteiger partial charge in [0, 0.05) is 19.3 Å². The molecule has 0 heterocycles. The predicted molar refractivity (Wildman–Crippen MR) is 76.7 cm³/mol. The molecule has 4 heteroatoms. The number of aliphatic carboxylic acids is 1. The average Bonchev–Trinajstić information content (AvgIpc) is 2.26. The van der Waals surface area contributed by atoms with E-state index in [0.717, 1.165) is 5.69 Å². The fourth-order valence-electron chi connectivity index (χ4n) is 1.90. The molecule has 2 N–H and O–H groups in total. The summed E-state index contributed by atoms with van der Waals surface area (Å²) in [5, 5.41) is 18.2. The Hall–Kier alpha value is -1.55. The number of hydrogen-bond acceptors (Lipinski definition) is 3. The number of likely N-dealkylation sites (N-methyl/N-ethyl adjacent to an activating group) is 1. The number of aliphatic hydroxyl groups is 1. The third kappa shape index (κ3) is 4.91. The van der Waals surface area contributed by atoms with Gasteiger partial charge in [0.15, 0.2) is 0 Å². The van der Waals surface area contributed by atoms with Crippen molar-refractivity contribution in [1.82, 2.24) is 0 Å². The molecule has 0 saturated carbocycles. The Morgan fingerprint density at radius 1 is 1.26 bits per heavy atom. The van der Waals surface area contributed by atoms with Gasteiger partial charge in [0.05, 0.1) is 12.5 Å². The summed E-state index contributed by atoms with van der Waals surface area (Å²) in [6.07, 6.45) is -1.09. The number of nitrogens with zero attached hydrogens (tertiary/aromatic N) is 1. The zero-order valence-corrected chi connectivity index (χ0v) is 12.1. The lowest BCUT2D eigenvalue weighted by Gasteiger charge is -2.24. The van der Waals surface area contributed by atoms with Crippen LogP contribution in [0.3, 0.4) is 0 Å². The van der Waals surface area contributed by atoms with Crippen LogP contribution in [0, 0.1) is 0 Å². The molecule has 0 bridgehead atoms. The van der Waals surface area contributed by atoms with Crippen molar-refractivity contribution >= 4 is 11.7 Å². The minimum atomic E-state index is -0.982. The second-order valence-corrected chi connectivity index (χ2v) is 5.93. The molecule has 106 valence electrons. The highest BCUT2D eigenvalue weighted by molar-refractivity contribution is 5.67. The SMILES string of the molecule is CN(CC(O)CC(=O)O)c1ccc(C(C)(C)C)cc1. The summed E-state index contributed by atoms with van der Waals surface area (Å²) in [5.41, 5.74) is 2.33. The number of rotatable bonds is 5. The average molecular weight is 265 g/mol. The summed E-state index contributed by atoms with van der Waals surface area (Å²) >= 11 is 0. The molecule has 0 aliphatic heterocycles. The van der Waals surface area contributed by atoms with Crippen molar-refractivity contribution < 1.29 is 15.0 Å². The summed E-state index contributed by atoms with van der Waals surface area (Å²) in [5.74, 6) is -0.982. The van der Waals surface area contributed by atoms with Crippen molar-refractivity contribution in [3.05, 3.63) is 29.8 Å². The molecule has 1 unspecified atom stereocenters. The smallest absolute Gasteiger partial charge is 0.306 e. The first kappa shape index (κ1) is 15.5. The Bertz CT molecular complexity index is 420. The monoisotopic (exact) mass is 265 g/mol. The van der Waals surface area contributed by atoms with Gasteiger partial charge in [-0.15, -0.1) is 0 Å². The van der Waals surface area contributed by atoms with Crippen molar-refractivity contribution in [2.45, 2.75) is 38.7 Å². The van der Waals surface area contributed by atoms with Gasteiger partial charge in [-0.3, -0.25) is 4.79 Å². The van der Waals surface area contributed by atoms with Crippen LogP contribution in [0.1, 0.15) is 32.8 Å². The zero-order chi connectivity index (χ0) is 14.6. The quantitative estimate of drug-likeness (QED) is 0.857. The van der Waals surface area contributed by atoms with Crippen LogP contribution >= 0.6 is 0 Å². The topological polar surface area (TPSA) is 60.8 Å². The maximum atomic E-state index is 10.5. The van der Waals surface area contributed by atoms with Crippen LogP contribution in [0.25, 0.3) is 0 Å². The molecule has 0 spiro atoms. The van der Waals surface area contributed by atoms with Crippen LogP contribution in [-0.4, -0.2) is 35.9 Å². The first-order valence-corrected chi connectivity index (χ1v) is 6.41. The summed E-state index contributed by atoms with van der Waals surface area (Å²) in [7, 11) is 1.84. The maximum absolute atomic E-state index is 10.5. The largest absolute Gasteiger partial charge is 0.481 e. The van der Waals surface area contributed by atoms with E-state index in [9.17, 15) is 9.90 Å². The van der Waals surface area contributed by atoms with Crippen molar-refractivity contribution in [2.24, 2.45) is 0 Å². The molecule has 1 aromatic carbocycles. The second kappa shape index (κ2) is 6.06. The molecule has 0 aliphatic carbocycles. The summed E-state index contributed by atoms with van der Waals surface area (Å²) in [6, 6.07) is 8.12. The first-order valence-electron chi connectivity index (χ1n) is 6.41. The Morgan fingerprint density at radius 2 is 1.79 bits per heavy atom. The molecule has 1 rings (SSSR count). The van der Waals surface area contributed by atoms with Gasteiger partial charge in [0.2, 0.25) is 0 Å². The van der Waals surface area contributed by atoms with E-state index < -0.39 is 12.1 Å². The fraction of sp³-hybridized carbons (Fsp3) is 0.533. The molecule has 1 aromatic rings. The van der Waals surface area contributed by atoms with E-state index >= 15 is 0 Å². The normalized spacial score (nSPS) is 13.1. The third-order valence-electron chi connectivity index (χ3n) is 3.07. The zero-order valence-electron chi connectivity index (χ0n) is 12.1. The standard InChI is InChI=1S/C15H23NO3/c1-15(2,3)11-5-7-12(8-6-11)16(4)10-13(17)9-14(18)19/h5-8,13,17H,9-10H2,1-4H3,(H,18,19). The van der Waals surface area contributed by atoms with Gasteiger partial charge in [0.1, 0.15) is 0 Å². The molecule has 0 aromatic heterocycles. The molecular weight excluding hydrogens is 242 g/mol. The number of hydrogen-bond donors (Lipinski definition) is 2. The van der Waals surface area contributed by atoms with E-state index in [4.69, 9.17) is 5.11 Å². The minimum absolute atomic E-state index is 0.111. The van der Waals surface area contributed by atoms with E-state index in [1.54, 1.807) is 0 Å². The number of carbonyl (C=O) groups is 1. The van der Waals surface area contributed by atoms with Crippen LogP contribution in [-0.2, 0) is 10.2 Å². The van der Waals surface area contributed by atoms with Gasteiger partial charge in [-0.1, -0.05) is 32.9 Å². The minimum Gasteiger partial charge on any atom is -0.481 e. The fourth-order valence-corrected chi connectivity index (χ4v) is 1.90. The Balaban J connectivity index is 2.68. The van der Waals surface area contributed by atoms with Gasteiger partial charge in [-0.05, 0) is 23.1 Å². The van der Waals surface area contributed by atoms with E-state index in [0.29, 0.717) is 6.54 Å². The van der Waals surface area contributed by atoms with Crippen LogP contribution in [0.15, 0.2) is 24.3 Å². The van der Waals surface area contributed by atoms with Gasteiger partial charge >= 0.3 is 5.97 Å². The maximum Gasteiger partial charge on any atom is 0.306 e. The summed E-state index contributed by atoms with van der Waals surface area (Å²) < 4.78 is 0. The second-order valence-electron chi connectivity index (χ2n) is 5.93. The Kier molecular flexibility index (Phi) is 4.95. The molecule has 19 heavy (non-hydrogen) atoms. The number of benzene rings is 1. The predicted octanol–water partition coefficient (Wildman–Crippen LogP) is 2.26. The molecule has 0 radical (unpaired) electrons. The third-order valence-corrected chi connectivity index (χ3v) is 3.07. The lowest BCUT2D eigenvalue weighted by molar-refractivity contribution is -0.139. The highest BCUT2D eigenvalue weighted by Crippen LogP contribution is 2.24. The lowest BCUT2D eigenvalue weighted by atomic mass is 9.87. The van der Waals surface area contributed by atoms with Gasteiger partial charge in [-0.2, -0.15) is 0 Å². The molecule has 0 fully saturated rings. The van der Waals surface area contributed by atoms with E-state index in [1.807, 2.05) is 24.1 Å². The van der Waals surface area contributed by atoms with E-state index in [-0.39, 0.29) is 11.8 Å². The van der Waals surface area contributed by atoms with Crippen LogP contribution in [0.4, 0.5) is 5.69 Å². The highest BCUT2D eigenvalue weighted by atomic mass is 16.4. The van der Waals surface area contributed by atoms with Crippen LogP contribution in [0.2, 0.25) is 0 Å². The number of carboxylic acids is 1. The van der Waals surface area contributed by atoms with Crippen molar-refractivity contribution in [1.29, 1.82) is 0 Å². The summed E-state index contributed by atoms with van der Waals surface area (Å²) in [4.78, 5) is 12.4. The van der Waals surface area contributed by atoms with Crippen LogP contribution in [0.5, 0.6) is 0 Å². The van der Waals surface area contributed by atoms with Gasteiger partial charge in [-0.25, -0.2) is 0 Å². The molecule has 0 aliphatic rings. The number of aliphatic hydroxyl groups excluding tert-OH is 1. The lowest BCUT2D eigenvalue weighted by Crippen LogP contribution is -2.30. The number of carboxylic acid groups (broad SMARTS) is 1. The number of anilines is 1. The molecule has 0 amide bonds. The van der Waals surface area contributed by atoms with Crippen LogP contribution < -0.4 is 4.90 Å².